The molecule has 1 aromatic carbocycles. The van der Waals surface area contributed by atoms with Crippen LogP contribution in [-0.4, -0.2) is 24.5 Å². The van der Waals surface area contributed by atoms with E-state index in [4.69, 9.17) is 9.15 Å². The van der Waals surface area contributed by atoms with E-state index in [-0.39, 0.29) is 12.3 Å². The second kappa shape index (κ2) is 6.92. The van der Waals surface area contributed by atoms with Crippen molar-refractivity contribution >= 4 is 32.9 Å². The van der Waals surface area contributed by atoms with Crippen molar-refractivity contribution in [3.05, 3.63) is 69.0 Å². The first-order valence-electron chi connectivity index (χ1n) is 9.07. The van der Waals surface area contributed by atoms with Crippen molar-refractivity contribution in [1.29, 1.82) is 0 Å². The Kier molecular flexibility index (Phi) is 4.21. The van der Waals surface area contributed by atoms with Gasteiger partial charge in [-0.25, -0.2) is 14.5 Å². The Balaban J connectivity index is 1.39. The molecule has 0 saturated carbocycles. The molecule has 0 bridgehead atoms. The van der Waals surface area contributed by atoms with Gasteiger partial charge in [0.2, 0.25) is 5.82 Å². The van der Waals surface area contributed by atoms with Crippen molar-refractivity contribution < 1.29 is 14.1 Å². The van der Waals surface area contributed by atoms with Gasteiger partial charge in [0, 0.05) is 17.0 Å². The maximum absolute atomic E-state index is 10.7. The fraction of sp³-hybridized carbons (Fsp3) is 0.150. The Hall–Kier alpha value is -3.79. The van der Waals surface area contributed by atoms with E-state index in [1.165, 1.54) is 17.0 Å². The van der Waals surface area contributed by atoms with E-state index < -0.39 is 4.92 Å². The first-order valence-corrected chi connectivity index (χ1v) is 9.88. The Bertz CT molecular complexity index is 1400. The van der Waals surface area contributed by atoms with Gasteiger partial charge in [-0.1, -0.05) is 0 Å². The number of hydrogen-bond acceptors (Lipinski definition) is 8. The number of thiophene rings is 1. The highest BCUT2D eigenvalue weighted by molar-refractivity contribution is 7.18. The molecule has 0 aliphatic carbocycles. The lowest BCUT2D eigenvalue weighted by Crippen LogP contribution is -1.94. The average Bonchev–Trinajstić information content (AvgIpc) is 3.44. The Labute approximate surface area is 173 Å². The monoisotopic (exact) mass is 421 g/mol. The third kappa shape index (κ3) is 3.07. The fourth-order valence-electron chi connectivity index (χ4n) is 3.14. The van der Waals surface area contributed by atoms with Crippen LogP contribution in [0.4, 0.5) is 5.69 Å². The quantitative estimate of drug-likeness (QED) is 0.299. The van der Waals surface area contributed by atoms with Gasteiger partial charge in [-0.2, -0.15) is 0 Å². The molecule has 0 N–H and O–H groups in total. The molecule has 0 fully saturated rings. The number of fused-ring (bicyclic) bond motifs is 3. The highest BCUT2D eigenvalue weighted by Crippen LogP contribution is 2.32. The summed E-state index contributed by atoms with van der Waals surface area (Å²) in [5.41, 5.74) is 1.92. The Morgan fingerprint density at radius 2 is 2.00 bits per heavy atom. The molecule has 0 saturated heterocycles. The normalized spacial score (nSPS) is 11.4. The van der Waals surface area contributed by atoms with Crippen LogP contribution < -0.4 is 4.74 Å². The van der Waals surface area contributed by atoms with Crippen molar-refractivity contribution in [3.63, 3.8) is 0 Å². The molecule has 150 valence electrons. The second-order valence-electron chi connectivity index (χ2n) is 6.72. The van der Waals surface area contributed by atoms with Gasteiger partial charge in [0.15, 0.2) is 11.4 Å². The van der Waals surface area contributed by atoms with Crippen molar-refractivity contribution in [3.8, 4) is 17.3 Å². The van der Waals surface area contributed by atoms with Gasteiger partial charge in [-0.15, -0.1) is 16.4 Å². The molecule has 9 nitrogen and oxygen atoms in total. The largest absolute Gasteiger partial charge is 0.486 e. The smallest absolute Gasteiger partial charge is 0.269 e. The lowest BCUT2D eigenvalue weighted by atomic mass is 10.2. The van der Waals surface area contributed by atoms with Crippen LogP contribution in [0, 0.1) is 24.0 Å². The molecule has 0 amide bonds. The van der Waals surface area contributed by atoms with Gasteiger partial charge >= 0.3 is 0 Å². The van der Waals surface area contributed by atoms with Crippen LogP contribution in [0.3, 0.4) is 0 Å². The van der Waals surface area contributed by atoms with E-state index in [0.29, 0.717) is 23.1 Å². The summed E-state index contributed by atoms with van der Waals surface area (Å²) >= 11 is 1.64. The summed E-state index contributed by atoms with van der Waals surface area (Å²) in [5.74, 6) is 2.10. The van der Waals surface area contributed by atoms with E-state index in [2.05, 4.69) is 28.9 Å². The first-order chi connectivity index (χ1) is 14.5. The van der Waals surface area contributed by atoms with E-state index in [1.807, 2.05) is 0 Å². The molecule has 4 aromatic heterocycles. The maximum Gasteiger partial charge on any atom is 0.269 e. The summed E-state index contributed by atoms with van der Waals surface area (Å²) < 4.78 is 13.1. The molecule has 5 rings (SSSR count). The molecule has 0 aliphatic rings. The molecule has 30 heavy (non-hydrogen) atoms. The Morgan fingerprint density at radius 1 is 1.20 bits per heavy atom. The zero-order chi connectivity index (χ0) is 20.8. The molecule has 10 heteroatoms. The van der Waals surface area contributed by atoms with Crippen LogP contribution in [0.25, 0.3) is 27.4 Å². The van der Waals surface area contributed by atoms with Crippen LogP contribution in [0.2, 0.25) is 0 Å². The number of hydrogen-bond donors (Lipinski definition) is 0. The molecule has 0 aliphatic heterocycles. The number of aryl methyl sites for hydroxylation is 2. The summed E-state index contributed by atoms with van der Waals surface area (Å²) in [7, 11) is 0. The van der Waals surface area contributed by atoms with Gasteiger partial charge in [0.05, 0.1) is 10.3 Å². The topological polar surface area (TPSA) is 109 Å². The fourth-order valence-corrected chi connectivity index (χ4v) is 4.13. The zero-order valence-electron chi connectivity index (χ0n) is 16.0. The van der Waals surface area contributed by atoms with Gasteiger partial charge in [-0.05, 0) is 43.7 Å². The number of nitro groups is 1. The number of furan rings is 1. The summed E-state index contributed by atoms with van der Waals surface area (Å²) in [5, 5.41) is 16.2. The molecule has 0 radical (unpaired) electrons. The highest BCUT2D eigenvalue weighted by atomic mass is 32.1. The summed E-state index contributed by atoms with van der Waals surface area (Å²) in [4.78, 5) is 21.5. The zero-order valence-corrected chi connectivity index (χ0v) is 16.8. The summed E-state index contributed by atoms with van der Waals surface area (Å²) in [6.45, 7) is 4.31. The van der Waals surface area contributed by atoms with E-state index in [9.17, 15) is 10.1 Å². The van der Waals surface area contributed by atoms with Gasteiger partial charge < -0.3 is 9.15 Å². The molecule has 4 heterocycles. The van der Waals surface area contributed by atoms with Crippen LogP contribution in [0.5, 0.6) is 5.75 Å². The SMILES string of the molecule is Cc1sc2ncn3nc(-c4ccc(COc5ccc([N+](=O)[O-])cc5)o4)nc3c2c1C. The highest BCUT2D eigenvalue weighted by Gasteiger charge is 2.17. The standard InChI is InChI=1S/C20H15N5O4S/c1-11-12(2)30-20-17(11)19-22-18(23-24(19)10-21-20)16-8-7-15(29-16)9-28-14-5-3-13(4-6-14)25(26)27/h3-8,10H,9H2,1-2H3. The number of ether oxygens (including phenoxy) is 1. The van der Waals surface area contributed by atoms with Crippen molar-refractivity contribution in [2.45, 2.75) is 20.5 Å². The van der Waals surface area contributed by atoms with Crippen LogP contribution >= 0.6 is 11.3 Å². The van der Waals surface area contributed by atoms with Crippen LogP contribution in [0.15, 0.2) is 47.1 Å². The van der Waals surface area contributed by atoms with Crippen LogP contribution in [0.1, 0.15) is 16.2 Å². The van der Waals surface area contributed by atoms with E-state index >= 15 is 0 Å². The minimum absolute atomic E-state index is 0.0141. The molecule has 0 unspecified atom stereocenters. The first kappa shape index (κ1) is 18.3. The minimum Gasteiger partial charge on any atom is -0.486 e. The predicted octanol–water partition coefficient (Wildman–Crippen LogP) is 4.70. The number of non-ortho nitro benzene ring substituents is 1. The molecule has 5 aromatic rings. The number of rotatable bonds is 5. The molecule has 0 spiro atoms. The third-order valence-electron chi connectivity index (χ3n) is 4.82. The average molecular weight is 421 g/mol. The van der Waals surface area contributed by atoms with E-state index in [0.717, 1.165) is 21.4 Å². The van der Waals surface area contributed by atoms with Crippen LogP contribution in [-0.2, 0) is 6.61 Å². The molecular weight excluding hydrogens is 406 g/mol. The van der Waals surface area contributed by atoms with Crippen molar-refractivity contribution in [2.75, 3.05) is 0 Å². The lowest BCUT2D eigenvalue weighted by molar-refractivity contribution is -0.384. The molecular formula is C20H15N5O4S. The lowest BCUT2D eigenvalue weighted by Gasteiger charge is -2.03. The Morgan fingerprint density at radius 3 is 2.77 bits per heavy atom. The number of aromatic nitrogens is 4. The van der Waals surface area contributed by atoms with Crippen molar-refractivity contribution in [1.82, 2.24) is 19.6 Å². The van der Waals surface area contributed by atoms with Gasteiger partial charge in [-0.3, -0.25) is 10.1 Å². The summed E-state index contributed by atoms with van der Waals surface area (Å²) in [6, 6.07) is 9.48. The summed E-state index contributed by atoms with van der Waals surface area (Å²) in [6.07, 6.45) is 1.66. The third-order valence-corrected chi connectivity index (χ3v) is 5.93. The van der Waals surface area contributed by atoms with E-state index in [1.54, 1.807) is 46.4 Å². The minimum atomic E-state index is -0.452. The maximum atomic E-state index is 10.7. The van der Waals surface area contributed by atoms with Crippen molar-refractivity contribution in [2.24, 2.45) is 0 Å². The number of nitrogens with zero attached hydrogens (tertiary/aromatic N) is 5. The van der Waals surface area contributed by atoms with Gasteiger partial charge in [0.25, 0.3) is 5.69 Å². The van der Waals surface area contributed by atoms with Gasteiger partial charge in [0.1, 0.15) is 29.3 Å². The second-order valence-corrected chi connectivity index (χ2v) is 7.92. The predicted molar refractivity (Wildman–Crippen MR) is 111 cm³/mol. The number of benzene rings is 1. The number of nitro benzene ring substituents is 1. The molecule has 0 atom stereocenters.